The summed E-state index contributed by atoms with van der Waals surface area (Å²) in [4.78, 5) is 38.6. The maximum atomic E-state index is 13.1. The quantitative estimate of drug-likeness (QED) is 0.639. The Morgan fingerprint density at radius 1 is 1.12 bits per heavy atom. The van der Waals surface area contributed by atoms with Crippen molar-refractivity contribution in [2.24, 2.45) is 5.41 Å². The van der Waals surface area contributed by atoms with E-state index < -0.39 is 23.5 Å². The van der Waals surface area contributed by atoms with Crippen molar-refractivity contribution in [3.63, 3.8) is 0 Å². The first-order valence-corrected chi connectivity index (χ1v) is 12.2. The maximum Gasteiger partial charge on any atom is 0.407 e. The normalized spacial score (nSPS) is 18.8. The molecule has 2 aliphatic rings. The zero-order chi connectivity index (χ0) is 23.6. The number of rotatable bonds is 7. The van der Waals surface area contributed by atoms with Gasteiger partial charge in [0, 0.05) is 18.2 Å². The van der Waals surface area contributed by atoms with Crippen LogP contribution in [0.15, 0.2) is 48.5 Å². The number of ether oxygens (including phenoxy) is 1. The second kappa shape index (κ2) is 9.47. The lowest BCUT2D eigenvalue weighted by atomic mass is 9.85. The van der Waals surface area contributed by atoms with Gasteiger partial charge in [0.15, 0.2) is 0 Å². The summed E-state index contributed by atoms with van der Waals surface area (Å²) < 4.78 is 5.57. The van der Waals surface area contributed by atoms with Crippen LogP contribution in [-0.4, -0.2) is 58.8 Å². The molecule has 1 fully saturated rings. The second-order valence-electron chi connectivity index (χ2n) is 8.72. The number of carboxylic acid groups (broad SMARTS) is 1. The highest BCUT2D eigenvalue weighted by atomic mass is 32.2. The SMILES string of the molecule is CCC(C)(CNC(=O)OCC1c2ccccc2-c2ccccc21)C(=O)N1CSC[C@H]1C(=O)O. The number of fused-ring (bicyclic) bond motifs is 3. The van der Waals surface area contributed by atoms with Crippen LogP contribution in [0.5, 0.6) is 0 Å². The van der Waals surface area contributed by atoms with Gasteiger partial charge in [-0.15, -0.1) is 11.8 Å². The number of nitrogens with zero attached hydrogens (tertiary/aromatic N) is 1. The molecule has 2 aromatic rings. The van der Waals surface area contributed by atoms with Crippen LogP contribution >= 0.6 is 11.8 Å². The van der Waals surface area contributed by atoms with Crippen molar-refractivity contribution in [3.8, 4) is 11.1 Å². The standard InChI is InChI=1S/C25H28N2O5S/c1-3-25(2,23(30)27-15-33-13-21(27)22(28)29)14-26-24(31)32-12-20-18-10-6-4-8-16(18)17-9-5-7-11-19(17)20/h4-11,20-21H,3,12-15H2,1-2H3,(H,26,31)(H,28,29)/t21-,25?/m0/s1. The van der Waals surface area contributed by atoms with Crippen molar-refractivity contribution in [1.29, 1.82) is 0 Å². The number of carbonyl (C=O) groups excluding carboxylic acids is 2. The summed E-state index contributed by atoms with van der Waals surface area (Å²) >= 11 is 1.42. The van der Waals surface area contributed by atoms with Crippen molar-refractivity contribution in [2.75, 3.05) is 24.8 Å². The number of benzene rings is 2. The molecule has 0 spiro atoms. The Balaban J connectivity index is 1.38. The van der Waals surface area contributed by atoms with Gasteiger partial charge in [-0.25, -0.2) is 9.59 Å². The van der Waals surface area contributed by atoms with Crippen LogP contribution in [-0.2, 0) is 14.3 Å². The van der Waals surface area contributed by atoms with Gasteiger partial charge < -0.3 is 20.1 Å². The van der Waals surface area contributed by atoms with Gasteiger partial charge in [-0.2, -0.15) is 0 Å². The molecule has 2 amide bonds. The molecule has 0 radical (unpaired) electrons. The minimum absolute atomic E-state index is 0.0414. The summed E-state index contributed by atoms with van der Waals surface area (Å²) in [6, 6.07) is 15.4. The molecule has 7 nitrogen and oxygen atoms in total. The first-order valence-electron chi connectivity index (χ1n) is 11.1. The molecule has 0 saturated carbocycles. The Labute approximate surface area is 197 Å². The Morgan fingerprint density at radius 2 is 1.73 bits per heavy atom. The number of aliphatic carboxylic acids is 1. The topological polar surface area (TPSA) is 95.9 Å². The van der Waals surface area contributed by atoms with Crippen LogP contribution in [0.3, 0.4) is 0 Å². The van der Waals surface area contributed by atoms with Crippen LogP contribution in [0.2, 0.25) is 0 Å². The average molecular weight is 469 g/mol. The van der Waals surface area contributed by atoms with Crippen molar-refractivity contribution in [3.05, 3.63) is 59.7 Å². The smallest absolute Gasteiger partial charge is 0.407 e. The molecule has 2 aromatic carbocycles. The van der Waals surface area contributed by atoms with E-state index in [1.54, 1.807) is 6.92 Å². The summed E-state index contributed by atoms with van der Waals surface area (Å²) in [6.07, 6.45) is -0.127. The van der Waals surface area contributed by atoms with E-state index in [1.807, 2.05) is 31.2 Å². The number of amides is 2. The van der Waals surface area contributed by atoms with E-state index in [0.29, 0.717) is 18.1 Å². The van der Waals surface area contributed by atoms with Crippen LogP contribution in [0.25, 0.3) is 11.1 Å². The Kier molecular flexibility index (Phi) is 6.65. The lowest BCUT2D eigenvalue weighted by Gasteiger charge is -2.33. The first-order chi connectivity index (χ1) is 15.9. The van der Waals surface area contributed by atoms with Gasteiger partial charge >= 0.3 is 12.1 Å². The van der Waals surface area contributed by atoms with E-state index >= 15 is 0 Å². The number of thioether (sulfide) groups is 1. The summed E-state index contributed by atoms with van der Waals surface area (Å²) in [6.45, 7) is 3.88. The molecule has 0 bridgehead atoms. The third kappa shape index (κ3) is 4.44. The van der Waals surface area contributed by atoms with Crippen LogP contribution in [0, 0.1) is 5.41 Å². The van der Waals surface area contributed by atoms with Crippen molar-refractivity contribution in [2.45, 2.75) is 32.2 Å². The third-order valence-electron chi connectivity index (χ3n) is 6.69. The fourth-order valence-corrected chi connectivity index (χ4v) is 5.61. The Bertz CT molecular complexity index is 1030. The van der Waals surface area contributed by atoms with Crippen LogP contribution in [0.4, 0.5) is 4.79 Å². The molecule has 1 saturated heterocycles. The monoisotopic (exact) mass is 468 g/mol. The van der Waals surface area contributed by atoms with Crippen LogP contribution < -0.4 is 5.32 Å². The van der Waals surface area contributed by atoms with Crippen LogP contribution in [0.1, 0.15) is 37.3 Å². The fraction of sp³-hybridized carbons (Fsp3) is 0.400. The van der Waals surface area contributed by atoms with Gasteiger partial charge in [-0.3, -0.25) is 4.79 Å². The van der Waals surface area contributed by atoms with E-state index in [-0.39, 0.29) is 25.0 Å². The highest BCUT2D eigenvalue weighted by Gasteiger charge is 2.43. The molecular weight excluding hydrogens is 440 g/mol. The van der Waals surface area contributed by atoms with E-state index in [9.17, 15) is 19.5 Å². The van der Waals surface area contributed by atoms with E-state index in [0.717, 1.165) is 22.3 Å². The predicted octanol–water partition coefficient (Wildman–Crippen LogP) is 3.93. The molecule has 0 aromatic heterocycles. The molecule has 2 atom stereocenters. The molecular formula is C25H28N2O5S. The minimum atomic E-state index is -1.00. The Morgan fingerprint density at radius 3 is 2.30 bits per heavy atom. The predicted molar refractivity (Wildman–Crippen MR) is 127 cm³/mol. The van der Waals surface area contributed by atoms with Crippen molar-refractivity contribution in [1.82, 2.24) is 10.2 Å². The third-order valence-corrected chi connectivity index (χ3v) is 7.70. The maximum absolute atomic E-state index is 13.1. The molecule has 4 rings (SSSR count). The number of carboxylic acids is 1. The molecule has 33 heavy (non-hydrogen) atoms. The van der Waals surface area contributed by atoms with Gasteiger partial charge in [0.25, 0.3) is 0 Å². The zero-order valence-corrected chi connectivity index (χ0v) is 19.6. The van der Waals surface area contributed by atoms with Gasteiger partial charge in [0.1, 0.15) is 12.6 Å². The molecule has 1 aliphatic heterocycles. The van der Waals surface area contributed by atoms with E-state index in [1.165, 1.54) is 16.7 Å². The second-order valence-corrected chi connectivity index (χ2v) is 9.72. The summed E-state index contributed by atoms with van der Waals surface area (Å²) in [5.41, 5.74) is 3.66. The Hall–Kier alpha value is -3.00. The van der Waals surface area contributed by atoms with E-state index in [2.05, 4.69) is 29.6 Å². The number of hydrogen-bond donors (Lipinski definition) is 2. The number of hydrogen-bond acceptors (Lipinski definition) is 5. The van der Waals surface area contributed by atoms with Crippen molar-refractivity contribution < 1.29 is 24.2 Å². The molecule has 174 valence electrons. The lowest BCUT2D eigenvalue weighted by Crippen LogP contribution is -2.52. The summed E-state index contributed by atoms with van der Waals surface area (Å²) in [5.74, 6) is -0.588. The molecule has 1 unspecified atom stereocenters. The highest BCUT2D eigenvalue weighted by Crippen LogP contribution is 2.44. The number of carbonyl (C=O) groups is 3. The minimum Gasteiger partial charge on any atom is -0.480 e. The first kappa shape index (κ1) is 23.2. The molecule has 1 heterocycles. The number of alkyl carbamates (subject to hydrolysis) is 1. The largest absolute Gasteiger partial charge is 0.480 e. The van der Waals surface area contributed by atoms with Gasteiger partial charge in [-0.1, -0.05) is 55.5 Å². The molecule has 8 heteroatoms. The van der Waals surface area contributed by atoms with Crippen molar-refractivity contribution >= 4 is 29.7 Å². The highest BCUT2D eigenvalue weighted by molar-refractivity contribution is 7.99. The van der Waals surface area contributed by atoms with Gasteiger partial charge in [-0.05, 0) is 35.6 Å². The molecule has 2 N–H and O–H groups in total. The molecule has 1 aliphatic carbocycles. The summed E-state index contributed by atoms with van der Waals surface area (Å²) in [5, 5.41) is 12.1. The van der Waals surface area contributed by atoms with E-state index in [4.69, 9.17) is 4.74 Å². The van der Waals surface area contributed by atoms with Gasteiger partial charge in [0.05, 0.1) is 11.3 Å². The zero-order valence-electron chi connectivity index (χ0n) is 18.7. The lowest BCUT2D eigenvalue weighted by molar-refractivity contribution is -0.152. The summed E-state index contributed by atoms with van der Waals surface area (Å²) in [7, 11) is 0. The number of nitrogens with one attached hydrogen (secondary N) is 1. The average Bonchev–Trinajstić information content (AvgIpc) is 3.44. The van der Waals surface area contributed by atoms with Gasteiger partial charge in [0.2, 0.25) is 5.91 Å². The fourth-order valence-electron chi connectivity index (χ4n) is 4.46.